The molecule has 0 fully saturated rings. The smallest absolute Gasteiger partial charge is 0.206 e. The number of hydrogen-bond acceptors (Lipinski definition) is 3. The molecule has 0 aliphatic heterocycles. The molecule has 0 aliphatic carbocycles. The van der Waals surface area contributed by atoms with Gasteiger partial charge in [-0.15, -0.1) is 0 Å². The quantitative estimate of drug-likeness (QED) is 0.616. The molecule has 6 heteroatoms. The van der Waals surface area contributed by atoms with E-state index >= 15 is 0 Å². The molecule has 78 valence electrons. The highest BCUT2D eigenvalue weighted by atomic mass is 35.5. The third-order valence-corrected chi connectivity index (χ3v) is 2.24. The van der Waals surface area contributed by atoms with Crippen molar-refractivity contribution in [1.82, 2.24) is 9.78 Å². The van der Waals surface area contributed by atoms with Crippen molar-refractivity contribution >= 4 is 17.3 Å². The number of pyridine rings is 1. The first kappa shape index (κ1) is 9.79. The van der Waals surface area contributed by atoms with Crippen LogP contribution in [0.2, 0.25) is 5.15 Å². The van der Waals surface area contributed by atoms with E-state index in [4.69, 9.17) is 11.6 Å². The molecule has 1 N–H and O–H groups in total. The first-order valence-electron chi connectivity index (χ1n) is 4.33. The van der Waals surface area contributed by atoms with Gasteiger partial charge in [0.15, 0.2) is 11.3 Å². The van der Waals surface area contributed by atoms with Crippen LogP contribution in [0, 0.1) is 5.21 Å². The molecule has 2 aromatic rings. The highest BCUT2D eigenvalue weighted by Gasteiger charge is 2.07. The third kappa shape index (κ3) is 1.87. The molecular formula is C9H9ClN4O. The average molecular weight is 225 g/mol. The largest absolute Gasteiger partial charge is 0.619 e. The summed E-state index contributed by atoms with van der Waals surface area (Å²) in [6.07, 6.45) is 4.55. The van der Waals surface area contributed by atoms with E-state index in [1.807, 2.05) is 0 Å². The lowest BCUT2D eigenvalue weighted by Gasteiger charge is -1.99. The van der Waals surface area contributed by atoms with E-state index in [0.29, 0.717) is 15.6 Å². The maximum atomic E-state index is 11.1. The maximum absolute atomic E-state index is 11.1. The van der Waals surface area contributed by atoms with Crippen molar-refractivity contribution in [3.05, 3.63) is 41.1 Å². The lowest BCUT2D eigenvalue weighted by atomic mass is 10.4. The van der Waals surface area contributed by atoms with Crippen LogP contribution >= 0.6 is 11.6 Å². The summed E-state index contributed by atoms with van der Waals surface area (Å²) in [6.45, 7) is 0. The van der Waals surface area contributed by atoms with Gasteiger partial charge in [0.25, 0.3) is 0 Å². The predicted octanol–water partition coefficient (Wildman–Crippen LogP) is 1.20. The Labute approximate surface area is 91.5 Å². The zero-order chi connectivity index (χ0) is 10.8. The average Bonchev–Trinajstić information content (AvgIpc) is 2.60. The zero-order valence-corrected chi connectivity index (χ0v) is 8.77. The zero-order valence-electron chi connectivity index (χ0n) is 8.01. The second-order valence-electron chi connectivity index (χ2n) is 2.95. The fourth-order valence-corrected chi connectivity index (χ4v) is 1.46. The van der Waals surface area contributed by atoms with E-state index in [9.17, 15) is 5.21 Å². The summed E-state index contributed by atoms with van der Waals surface area (Å²) < 4.78 is 2.26. The van der Waals surface area contributed by atoms with Crippen LogP contribution in [0.25, 0.3) is 5.69 Å². The molecule has 0 saturated heterocycles. The Hall–Kier alpha value is -1.75. The summed E-state index contributed by atoms with van der Waals surface area (Å²) in [6, 6.07) is 3.42. The van der Waals surface area contributed by atoms with Crippen molar-refractivity contribution in [3.8, 4) is 5.69 Å². The van der Waals surface area contributed by atoms with Crippen LogP contribution in [0.4, 0.5) is 5.69 Å². The van der Waals surface area contributed by atoms with E-state index in [2.05, 4.69) is 10.4 Å². The summed E-state index contributed by atoms with van der Waals surface area (Å²) >= 11 is 5.86. The molecule has 2 aromatic heterocycles. The van der Waals surface area contributed by atoms with Gasteiger partial charge in [-0.25, -0.2) is 4.68 Å². The Kier molecular flexibility index (Phi) is 2.47. The second-order valence-corrected chi connectivity index (χ2v) is 3.31. The topological polar surface area (TPSA) is 56.8 Å². The molecule has 0 amide bonds. The summed E-state index contributed by atoms with van der Waals surface area (Å²) in [5.41, 5.74) is 1.38. The fraction of sp³-hybridized carbons (Fsp3) is 0.111. The van der Waals surface area contributed by atoms with Gasteiger partial charge in [0.05, 0.1) is 11.9 Å². The van der Waals surface area contributed by atoms with Crippen molar-refractivity contribution in [3.63, 3.8) is 0 Å². The van der Waals surface area contributed by atoms with E-state index in [-0.39, 0.29) is 0 Å². The van der Waals surface area contributed by atoms with E-state index in [1.54, 1.807) is 30.1 Å². The fourth-order valence-electron chi connectivity index (χ4n) is 1.23. The van der Waals surface area contributed by atoms with Gasteiger partial charge < -0.3 is 10.5 Å². The molecule has 0 atom stereocenters. The maximum Gasteiger partial charge on any atom is 0.206 e. The van der Waals surface area contributed by atoms with Crippen molar-refractivity contribution in [1.29, 1.82) is 0 Å². The van der Waals surface area contributed by atoms with Crippen LogP contribution in [0.15, 0.2) is 30.7 Å². The minimum absolute atomic E-state index is 0.374. The molecule has 5 nitrogen and oxygen atoms in total. The van der Waals surface area contributed by atoms with Crippen molar-refractivity contribution in [2.45, 2.75) is 0 Å². The number of anilines is 1. The lowest BCUT2D eigenvalue weighted by molar-refractivity contribution is -0.605. The van der Waals surface area contributed by atoms with E-state index in [0.717, 1.165) is 5.69 Å². The van der Waals surface area contributed by atoms with Crippen LogP contribution in [-0.2, 0) is 0 Å². The number of rotatable bonds is 2. The van der Waals surface area contributed by atoms with E-state index in [1.165, 1.54) is 12.4 Å². The Morgan fingerprint density at radius 2 is 2.40 bits per heavy atom. The Balaban J connectivity index is 2.45. The number of nitrogens with one attached hydrogen (secondary N) is 1. The molecule has 0 saturated carbocycles. The van der Waals surface area contributed by atoms with Crippen molar-refractivity contribution in [2.24, 2.45) is 0 Å². The molecule has 0 radical (unpaired) electrons. The first-order valence-corrected chi connectivity index (χ1v) is 4.70. The summed E-state index contributed by atoms with van der Waals surface area (Å²) in [5.74, 6) is 0. The normalized spacial score (nSPS) is 10.3. The molecule has 2 heterocycles. The SMILES string of the molecule is CNc1cn(-c2ccc[n+]([O-])c2)nc1Cl. The summed E-state index contributed by atoms with van der Waals surface area (Å²) in [4.78, 5) is 0. The predicted molar refractivity (Wildman–Crippen MR) is 57.1 cm³/mol. The number of nitrogens with zero attached hydrogens (tertiary/aromatic N) is 3. The van der Waals surface area contributed by atoms with Crippen LogP contribution < -0.4 is 10.0 Å². The molecular weight excluding hydrogens is 216 g/mol. The molecule has 0 unspecified atom stereocenters. The number of halogens is 1. The monoisotopic (exact) mass is 224 g/mol. The lowest BCUT2D eigenvalue weighted by Crippen LogP contribution is -2.25. The Morgan fingerprint density at radius 1 is 1.60 bits per heavy atom. The Bertz CT molecular complexity index is 483. The highest BCUT2D eigenvalue weighted by Crippen LogP contribution is 2.20. The van der Waals surface area contributed by atoms with Crippen LogP contribution in [0.1, 0.15) is 0 Å². The minimum Gasteiger partial charge on any atom is -0.619 e. The molecule has 2 rings (SSSR count). The number of aromatic nitrogens is 3. The summed E-state index contributed by atoms with van der Waals surface area (Å²) in [5, 5.41) is 18.4. The van der Waals surface area contributed by atoms with Crippen molar-refractivity contribution in [2.75, 3.05) is 12.4 Å². The van der Waals surface area contributed by atoms with Crippen LogP contribution in [0.5, 0.6) is 0 Å². The molecule has 15 heavy (non-hydrogen) atoms. The highest BCUT2D eigenvalue weighted by molar-refractivity contribution is 6.31. The molecule has 0 aromatic carbocycles. The molecule has 0 bridgehead atoms. The minimum atomic E-state index is 0.374. The van der Waals surface area contributed by atoms with Crippen molar-refractivity contribution < 1.29 is 4.73 Å². The van der Waals surface area contributed by atoms with Gasteiger partial charge >= 0.3 is 0 Å². The van der Waals surface area contributed by atoms with Gasteiger partial charge in [-0.2, -0.15) is 9.83 Å². The van der Waals surface area contributed by atoms with Gasteiger partial charge in [0.1, 0.15) is 5.69 Å². The molecule has 0 aliphatic rings. The molecule has 0 spiro atoms. The third-order valence-electron chi connectivity index (χ3n) is 1.96. The van der Waals surface area contributed by atoms with Gasteiger partial charge in [-0.1, -0.05) is 11.6 Å². The Morgan fingerprint density at radius 3 is 3.00 bits per heavy atom. The second kappa shape index (κ2) is 3.78. The van der Waals surface area contributed by atoms with Gasteiger partial charge in [0.2, 0.25) is 6.20 Å². The van der Waals surface area contributed by atoms with Crippen LogP contribution in [0.3, 0.4) is 0 Å². The van der Waals surface area contributed by atoms with Gasteiger partial charge in [0, 0.05) is 13.1 Å². The van der Waals surface area contributed by atoms with Gasteiger partial charge in [-0.3, -0.25) is 0 Å². The summed E-state index contributed by atoms with van der Waals surface area (Å²) in [7, 11) is 1.76. The van der Waals surface area contributed by atoms with Crippen LogP contribution in [-0.4, -0.2) is 16.8 Å². The standard InChI is InChI=1S/C9H9ClN4O/c1-11-8-6-14(12-9(8)10)7-3-2-4-13(15)5-7/h2-6,11H,1H3. The first-order chi connectivity index (χ1) is 7.20. The van der Waals surface area contributed by atoms with Gasteiger partial charge in [-0.05, 0) is 6.07 Å². The van der Waals surface area contributed by atoms with E-state index < -0.39 is 0 Å². The number of hydrogen-bond donors (Lipinski definition) is 1.